The molecule has 2 unspecified atom stereocenters. The van der Waals surface area contributed by atoms with Crippen molar-refractivity contribution in [3.63, 3.8) is 0 Å². The number of para-hydroxylation sites is 1. The second-order valence-electron chi connectivity index (χ2n) is 4.98. The Morgan fingerprint density at radius 3 is 2.31 bits per heavy atom. The van der Waals surface area contributed by atoms with E-state index in [0.717, 1.165) is 5.57 Å². The summed E-state index contributed by atoms with van der Waals surface area (Å²) in [7, 11) is 0. The Morgan fingerprint density at radius 2 is 1.75 bits per heavy atom. The Balaban J connectivity index is 2.43. The van der Waals surface area contributed by atoms with Crippen LogP contribution in [0.2, 0.25) is 0 Å². The van der Waals surface area contributed by atoms with Gasteiger partial charge in [0.05, 0.1) is 0 Å². The minimum absolute atomic E-state index is 0.649. The Labute approximate surface area is 98.8 Å². The molecule has 1 heteroatoms. The molecular weight excluding hydrogens is 194 g/mol. The van der Waals surface area contributed by atoms with Gasteiger partial charge in [-0.05, 0) is 45.3 Å². The summed E-state index contributed by atoms with van der Waals surface area (Å²) in [5.74, 6) is 0. The summed E-state index contributed by atoms with van der Waals surface area (Å²) in [4.78, 5) is 2.55. The van der Waals surface area contributed by atoms with E-state index in [4.69, 9.17) is 0 Å². The molecule has 0 radical (unpaired) electrons. The van der Waals surface area contributed by atoms with E-state index < -0.39 is 0 Å². The van der Waals surface area contributed by atoms with Gasteiger partial charge in [0.15, 0.2) is 0 Å². The second-order valence-corrected chi connectivity index (χ2v) is 4.98. The van der Waals surface area contributed by atoms with E-state index in [-0.39, 0.29) is 0 Å². The first kappa shape index (κ1) is 11.3. The Morgan fingerprint density at radius 1 is 1.19 bits per heavy atom. The van der Waals surface area contributed by atoms with Gasteiger partial charge in [0.2, 0.25) is 0 Å². The number of allylic oxidation sites excluding steroid dienone is 1. The lowest BCUT2D eigenvalue weighted by molar-refractivity contribution is 0.693. The fourth-order valence-electron chi connectivity index (χ4n) is 2.73. The summed E-state index contributed by atoms with van der Waals surface area (Å²) < 4.78 is 0. The maximum atomic E-state index is 4.08. The molecule has 1 fully saturated rings. The normalized spacial score (nSPS) is 24.8. The molecule has 0 amide bonds. The zero-order valence-corrected chi connectivity index (χ0v) is 10.5. The van der Waals surface area contributed by atoms with E-state index in [9.17, 15) is 0 Å². The summed E-state index contributed by atoms with van der Waals surface area (Å²) >= 11 is 0. The van der Waals surface area contributed by atoms with Crippen LogP contribution in [-0.4, -0.2) is 12.1 Å². The van der Waals surface area contributed by atoms with Gasteiger partial charge in [-0.15, -0.1) is 0 Å². The van der Waals surface area contributed by atoms with E-state index in [0.29, 0.717) is 12.1 Å². The molecule has 0 saturated carbocycles. The molecule has 0 spiro atoms. The van der Waals surface area contributed by atoms with Crippen LogP contribution in [0.25, 0.3) is 5.57 Å². The molecule has 1 aliphatic heterocycles. The van der Waals surface area contributed by atoms with Crippen LogP contribution in [0.15, 0.2) is 30.8 Å². The van der Waals surface area contributed by atoms with Gasteiger partial charge < -0.3 is 4.90 Å². The van der Waals surface area contributed by atoms with Crippen molar-refractivity contribution >= 4 is 11.3 Å². The third-order valence-electron chi connectivity index (χ3n) is 3.59. The average Bonchev–Trinajstić information content (AvgIpc) is 2.58. The minimum atomic E-state index is 0.649. The monoisotopic (exact) mass is 215 g/mol. The highest BCUT2D eigenvalue weighted by Gasteiger charge is 2.28. The van der Waals surface area contributed by atoms with Crippen molar-refractivity contribution in [2.24, 2.45) is 0 Å². The lowest BCUT2D eigenvalue weighted by atomic mass is 10.0. The first-order chi connectivity index (χ1) is 7.61. The van der Waals surface area contributed by atoms with Crippen molar-refractivity contribution in [2.75, 3.05) is 4.90 Å². The summed E-state index contributed by atoms with van der Waals surface area (Å²) in [5, 5.41) is 0. The van der Waals surface area contributed by atoms with Crippen molar-refractivity contribution in [1.82, 2.24) is 0 Å². The quantitative estimate of drug-likeness (QED) is 0.718. The first-order valence-electron chi connectivity index (χ1n) is 6.14. The standard InChI is InChI=1S/C15H21N/c1-11(2)14-7-5-6-8-15(14)16-12(3)9-10-13(16)4/h5-8,12-13H,1,9-10H2,2-4H3. The summed E-state index contributed by atoms with van der Waals surface area (Å²) in [6, 6.07) is 9.92. The van der Waals surface area contributed by atoms with Crippen molar-refractivity contribution < 1.29 is 0 Å². The molecular formula is C15H21N. The molecule has 2 rings (SSSR count). The molecule has 0 aromatic heterocycles. The molecule has 1 nitrogen and oxygen atoms in total. The van der Waals surface area contributed by atoms with Crippen molar-refractivity contribution in [3.8, 4) is 0 Å². The highest BCUT2D eigenvalue weighted by molar-refractivity contribution is 5.75. The van der Waals surface area contributed by atoms with Gasteiger partial charge in [0.1, 0.15) is 0 Å². The molecule has 1 aliphatic rings. The summed E-state index contributed by atoms with van der Waals surface area (Å²) in [6.07, 6.45) is 2.59. The molecule has 1 aromatic carbocycles. The topological polar surface area (TPSA) is 3.24 Å². The number of rotatable bonds is 2. The molecule has 1 aromatic rings. The van der Waals surface area contributed by atoms with Gasteiger partial charge in [0.25, 0.3) is 0 Å². The van der Waals surface area contributed by atoms with E-state index >= 15 is 0 Å². The van der Waals surface area contributed by atoms with E-state index in [1.54, 1.807) is 0 Å². The zero-order chi connectivity index (χ0) is 11.7. The largest absolute Gasteiger partial charge is 0.366 e. The Kier molecular flexibility index (Phi) is 3.04. The van der Waals surface area contributed by atoms with Gasteiger partial charge in [-0.1, -0.05) is 24.8 Å². The minimum Gasteiger partial charge on any atom is -0.366 e. The van der Waals surface area contributed by atoms with E-state index in [2.05, 4.69) is 56.5 Å². The fraction of sp³-hybridized carbons (Fsp3) is 0.467. The Hall–Kier alpha value is -1.24. The smallest absolute Gasteiger partial charge is 0.0447 e. The fourth-order valence-corrected chi connectivity index (χ4v) is 2.73. The summed E-state index contributed by atoms with van der Waals surface area (Å²) in [6.45, 7) is 10.8. The molecule has 2 atom stereocenters. The van der Waals surface area contributed by atoms with E-state index in [1.807, 2.05) is 0 Å². The van der Waals surface area contributed by atoms with Gasteiger partial charge in [-0.3, -0.25) is 0 Å². The maximum Gasteiger partial charge on any atom is 0.0447 e. The van der Waals surface area contributed by atoms with E-state index in [1.165, 1.54) is 24.1 Å². The lowest BCUT2D eigenvalue weighted by Crippen LogP contribution is -2.33. The predicted molar refractivity (Wildman–Crippen MR) is 71.8 cm³/mol. The molecule has 86 valence electrons. The molecule has 1 heterocycles. The zero-order valence-electron chi connectivity index (χ0n) is 10.5. The van der Waals surface area contributed by atoms with Crippen LogP contribution in [0.4, 0.5) is 5.69 Å². The van der Waals surface area contributed by atoms with Crippen LogP contribution in [0, 0.1) is 0 Å². The predicted octanol–water partition coefficient (Wildman–Crippen LogP) is 4.10. The van der Waals surface area contributed by atoms with Crippen LogP contribution < -0.4 is 4.90 Å². The third kappa shape index (κ3) is 1.87. The number of hydrogen-bond donors (Lipinski definition) is 0. The Bertz CT molecular complexity index is 384. The van der Waals surface area contributed by atoms with Crippen LogP contribution in [-0.2, 0) is 0 Å². The third-order valence-corrected chi connectivity index (χ3v) is 3.59. The molecule has 0 N–H and O–H groups in total. The molecule has 1 saturated heterocycles. The molecule has 0 bridgehead atoms. The van der Waals surface area contributed by atoms with Gasteiger partial charge in [-0.2, -0.15) is 0 Å². The number of hydrogen-bond acceptors (Lipinski definition) is 1. The molecule has 0 aliphatic carbocycles. The van der Waals surface area contributed by atoms with Crippen LogP contribution >= 0.6 is 0 Å². The SMILES string of the molecule is C=C(C)c1ccccc1N1C(C)CCC1C. The first-order valence-corrected chi connectivity index (χ1v) is 6.14. The highest BCUT2D eigenvalue weighted by atomic mass is 15.2. The number of nitrogens with zero attached hydrogens (tertiary/aromatic N) is 1. The summed E-state index contributed by atoms with van der Waals surface area (Å²) in [5.41, 5.74) is 3.80. The number of anilines is 1. The van der Waals surface area contributed by atoms with Crippen molar-refractivity contribution in [2.45, 2.75) is 45.7 Å². The molecule has 16 heavy (non-hydrogen) atoms. The van der Waals surface area contributed by atoms with Gasteiger partial charge >= 0.3 is 0 Å². The van der Waals surface area contributed by atoms with Gasteiger partial charge in [-0.25, -0.2) is 0 Å². The van der Waals surface area contributed by atoms with Crippen LogP contribution in [0.1, 0.15) is 39.2 Å². The van der Waals surface area contributed by atoms with Crippen molar-refractivity contribution in [1.29, 1.82) is 0 Å². The maximum absolute atomic E-state index is 4.08. The van der Waals surface area contributed by atoms with Crippen LogP contribution in [0.3, 0.4) is 0 Å². The van der Waals surface area contributed by atoms with Crippen molar-refractivity contribution in [3.05, 3.63) is 36.4 Å². The lowest BCUT2D eigenvalue weighted by Gasteiger charge is -2.30. The average molecular weight is 215 g/mol. The second kappa shape index (κ2) is 4.32. The van der Waals surface area contributed by atoms with Gasteiger partial charge in [0, 0.05) is 23.3 Å². The van der Waals surface area contributed by atoms with Crippen LogP contribution in [0.5, 0.6) is 0 Å². The highest BCUT2D eigenvalue weighted by Crippen LogP contribution is 2.34. The number of benzene rings is 1.